The SMILES string of the molecule is Cc1ccc(NC(=O)CCn2cncn2)c(C#CCO)c1. The van der Waals surface area contributed by atoms with E-state index in [0.29, 0.717) is 24.2 Å². The van der Waals surface area contributed by atoms with Crippen molar-refractivity contribution in [3.05, 3.63) is 42.0 Å². The Morgan fingerprint density at radius 2 is 2.33 bits per heavy atom. The molecule has 6 heteroatoms. The monoisotopic (exact) mass is 284 g/mol. The van der Waals surface area contributed by atoms with Gasteiger partial charge in [-0.15, -0.1) is 0 Å². The van der Waals surface area contributed by atoms with E-state index >= 15 is 0 Å². The van der Waals surface area contributed by atoms with Crippen LogP contribution in [0.15, 0.2) is 30.9 Å². The van der Waals surface area contributed by atoms with E-state index in [9.17, 15) is 4.79 Å². The third-order valence-corrected chi connectivity index (χ3v) is 2.79. The molecule has 0 aliphatic rings. The summed E-state index contributed by atoms with van der Waals surface area (Å²) in [5.74, 6) is 5.30. The van der Waals surface area contributed by atoms with Gasteiger partial charge in [0, 0.05) is 12.0 Å². The summed E-state index contributed by atoms with van der Waals surface area (Å²) in [4.78, 5) is 15.8. The fourth-order valence-electron chi connectivity index (χ4n) is 1.78. The minimum absolute atomic E-state index is 0.124. The summed E-state index contributed by atoms with van der Waals surface area (Å²) in [6.07, 6.45) is 3.29. The number of aliphatic hydroxyl groups is 1. The van der Waals surface area contributed by atoms with Crippen LogP contribution in [0.5, 0.6) is 0 Å². The minimum atomic E-state index is -0.215. The fraction of sp³-hybridized carbons (Fsp3) is 0.267. The largest absolute Gasteiger partial charge is 0.384 e. The Balaban J connectivity index is 2.02. The van der Waals surface area contributed by atoms with Gasteiger partial charge in [-0.05, 0) is 24.6 Å². The van der Waals surface area contributed by atoms with E-state index in [4.69, 9.17) is 5.11 Å². The number of nitrogens with one attached hydrogen (secondary N) is 1. The van der Waals surface area contributed by atoms with Gasteiger partial charge >= 0.3 is 0 Å². The Bertz CT molecular complexity index is 669. The molecule has 6 nitrogen and oxygen atoms in total. The highest BCUT2D eigenvalue weighted by molar-refractivity contribution is 5.92. The van der Waals surface area contributed by atoms with Crippen molar-refractivity contribution in [2.75, 3.05) is 11.9 Å². The lowest BCUT2D eigenvalue weighted by atomic mass is 10.1. The number of benzene rings is 1. The average molecular weight is 284 g/mol. The topological polar surface area (TPSA) is 80.0 Å². The number of hydrogen-bond acceptors (Lipinski definition) is 4. The molecule has 1 amide bonds. The lowest BCUT2D eigenvalue weighted by Gasteiger charge is -2.08. The van der Waals surface area contributed by atoms with Crippen molar-refractivity contribution in [1.29, 1.82) is 0 Å². The van der Waals surface area contributed by atoms with Gasteiger partial charge in [0.2, 0.25) is 5.91 Å². The molecule has 0 spiro atoms. The van der Waals surface area contributed by atoms with Gasteiger partial charge in [0.1, 0.15) is 19.3 Å². The van der Waals surface area contributed by atoms with Gasteiger partial charge in [-0.2, -0.15) is 5.10 Å². The van der Waals surface area contributed by atoms with Crippen molar-refractivity contribution in [1.82, 2.24) is 14.8 Å². The lowest BCUT2D eigenvalue weighted by Crippen LogP contribution is -2.15. The summed E-state index contributed by atoms with van der Waals surface area (Å²) >= 11 is 0. The van der Waals surface area contributed by atoms with Gasteiger partial charge in [0.15, 0.2) is 0 Å². The number of anilines is 1. The molecule has 0 saturated heterocycles. The van der Waals surface area contributed by atoms with Gasteiger partial charge in [-0.3, -0.25) is 9.48 Å². The third kappa shape index (κ3) is 4.44. The Kier molecular flexibility index (Phi) is 5.07. The number of aromatic nitrogens is 3. The molecule has 0 bridgehead atoms. The summed E-state index contributed by atoms with van der Waals surface area (Å²) in [5, 5.41) is 15.5. The molecule has 0 saturated carbocycles. The number of carbonyl (C=O) groups is 1. The Hall–Kier alpha value is -2.65. The van der Waals surface area contributed by atoms with Crippen LogP contribution in [0.1, 0.15) is 17.5 Å². The second kappa shape index (κ2) is 7.22. The summed E-state index contributed by atoms with van der Waals surface area (Å²) in [6, 6.07) is 5.58. The Morgan fingerprint density at radius 3 is 3.05 bits per heavy atom. The van der Waals surface area contributed by atoms with E-state index in [0.717, 1.165) is 5.56 Å². The number of hydrogen-bond donors (Lipinski definition) is 2. The molecule has 2 rings (SSSR count). The van der Waals surface area contributed by atoms with Crippen LogP contribution in [0.3, 0.4) is 0 Å². The molecular formula is C15H16N4O2. The van der Waals surface area contributed by atoms with Crippen molar-refractivity contribution >= 4 is 11.6 Å². The molecule has 0 aliphatic carbocycles. The van der Waals surface area contributed by atoms with E-state index in [1.165, 1.54) is 6.33 Å². The lowest BCUT2D eigenvalue weighted by molar-refractivity contribution is -0.116. The smallest absolute Gasteiger partial charge is 0.226 e. The molecule has 0 fully saturated rings. The van der Waals surface area contributed by atoms with Crippen LogP contribution in [0.2, 0.25) is 0 Å². The first-order valence-electron chi connectivity index (χ1n) is 6.51. The number of nitrogens with zero attached hydrogens (tertiary/aromatic N) is 3. The fourth-order valence-corrected chi connectivity index (χ4v) is 1.78. The third-order valence-electron chi connectivity index (χ3n) is 2.79. The van der Waals surface area contributed by atoms with Crippen LogP contribution in [0.25, 0.3) is 0 Å². The molecule has 2 aromatic rings. The normalized spacial score (nSPS) is 9.81. The van der Waals surface area contributed by atoms with Gasteiger partial charge in [-0.25, -0.2) is 4.98 Å². The number of amides is 1. The predicted molar refractivity (Wildman–Crippen MR) is 78.4 cm³/mol. The molecule has 1 aromatic carbocycles. The van der Waals surface area contributed by atoms with Gasteiger partial charge in [-0.1, -0.05) is 17.9 Å². The van der Waals surface area contributed by atoms with Crippen LogP contribution in [0, 0.1) is 18.8 Å². The zero-order chi connectivity index (χ0) is 15.1. The van der Waals surface area contributed by atoms with Crippen LogP contribution in [-0.4, -0.2) is 32.4 Å². The van der Waals surface area contributed by atoms with E-state index in [1.807, 2.05) is 25.1 Å². The highest BCUT2D eigenvalue weighted by Crippen LogP contribution is 2.16. The molecule has 108 valence electrons. The molecule has 2 N–H and O–H groups in total. The van der Waals surface area contributed by atoms with E-state index in [1.54, 1.807) is 11.0 Å². The van der Waals surface area contributed by atoms with E-state index < -0.39 is 0 Å². The summed E-state index contributed by atoms with van der Waals surface area (Å²) in [7, 11) is 0. The van der Waals surface area contributed by atoms with E-state index in [-0.39, 0.29) is 12.5 Å². The van der Waals surface area contributed by atoms with Crippen LogP contribution in [-0.2, 0) is 11.3 Å². The van der Waals surface area contributed by atoms with Crippen LogP contribution in [0.4, 0.5) is 5.69 Å². The Morgan fingerprint density at radius 1 is 1.48 bits per heavy atom. The van der Waals surface area contributed by atoms with Gasteiger partial charge < -0.3 is 10.4 Å². The number of aliphatic hydroxyl groups excluding tert-OH is 1. The number of rotatable bonds is 4. The second-order valence-corrected chi connectivity index (χ2v) is 4.47. The number of aryl methyl sites for hydroxylation is 2. The summed E-state index contributed by atoms with van der Waals surface area (Å²) in [6.45, 7) is 2.20. The molecule has 0 atom stereocenters. The maximum Gasteiger partial charge on any atom is 0.226 e. The standard InChI is InChI=1S/C15H16N4O2/c1-12-4-5-14(13(9-12)3-2-8-20)18-15(21)6-7-19-11-16-10-17-19/h4-5,9-11,20H,6-8H2,1H3,(H,18,21). The summed E-state index contributed by atoms with van der Waals surface area (Å²) < 4.78 is 1.60. The van der Waals surface area contributed by atoms with Crippen molar-refractivity contribution in [3.8, 4) is 11.8 Å². The quantitative estimate of drug-likeness (QED) is 0.820. The van der Waals surface area contributed by atoms with E-state index in [2.05, 4.69) is 27.2 Å². The zero-order valence-electron chi connectivity index (χ0n) is 11.7. The van der Waals surface area contributed by atoms with Crippen LogP contribution < -0.4 is 5.32 Å². The molecular weight excluding hydrogens is 268 g/mol. The van der Waals surface area contributed by atoms with Crippen molar-refractivity contribution < 1.29 is 9.90 Å². The number of carbonyl (C=O) groups excluding carboxylic acids is 1. The molecule has 1 aromatic heterocycles. The molecule has 1 heterocycles. The maximum atomic E-state index is 11.9. The first kappa shape index (κ1) is 14.8. The molecule has 0 aliphatic heterocycles. The molecule has 21 heavy (non-hydrogen) atoms. The molecule has 0 unspecified atom stereocenters. The summed E-state index contributed by atoms with van der Waals surface area (Å²) in [5.41, 5.74) is 2.38. The Labute approximate surface area is 122 Å². The van der Waals surface area contributed by atoms with Crippen molar-refractivity contribution in [2.45, 2.75) is 19.9 Å². The van der Waals surface area contributed by atoms with Crippen LogP contribution >= 0.6 is 0 Å². The predicted octanol–water partition coefficient (Wildman–Crippen LogP) is 0.959. The highest BCUT2D eigenvalue weighted by atomic mass is 16.2. The maximum absolute atomic E-state index is 11.9. The second-order valence-electron chi connectivity index (χ2n) is 4.47. The first-order chi connectivity index (χ1) is 10.2. The van der Waals surface area contributed by atoms with Crippen molar-refractivity contribution in [3.63, 3.8) is 0 Å². The average Bonchev–Trinajstić information content (AvgIpc) is 2.98. The first-order valence-corrected chi connectivity index (χ1v) is 6.51. The highest BCUT2D eigenvalue weighted by Gasteiger charge is 2.06. The van der Waals surface area contributed by atoms with Crippen molar-refractivity contribution in [2.24, 2.45) is 0 Å². The molecule has 0 radical (unpaired) electrons. The van der Waals surface area contributed by atoms with Gasteiger partial charge in [0.05, 0.1) is 12.2 Å². The zero-order valence-corrected chi connectivity index (χ0v) is 11.7. The van der Waals surface area contributed by atoms with Gasteiger partial charge in [0.25, 0.3) is 0 Å². The minimum Gasteiger partial charge on any atom is -0.384 e.